The van der Waals surface area contributed by atoms with Crippen LogP contribution in [0, 0.1) is 0 Å². The fourth-order valence-electron chi connectivity index (χ4n) is 0.923. The lowest BCUT2D eigenvalue weighted by Gasteiger charge is -2.06. The maximum Gasteiger partial charge on any atom is 0.0715 e. The van der Waals surface area contributed by atoms with Gasteiger partial charge in [-0.1, -0.05) is 24.3 Å². The highest BCUT2D eigenvalue weighted by Crippen LogP contribution is 2.09. The van der Waals surface area contributed by atoms with Gasteiger partial charge in [0, 0.05) is 6.04 Å². The van der Waals surface area contributed by atoms with Crippen LogP contribution in [0.5, 0.6) is 0 Å². The largest absolute Gasteiger partial charge is 0.545 e. The van der Waals surface area contributed by atoms with Crippen LogP contribution < -0.4 is 10.8 Å². The Morgan fingerprint density at radius 2 is 1.92 bits per heavy atom. The molecule has 1 aromatic carbocycles. The van der Waals surface area contributed by atoms with E-state index in [0.29, 0.717) is 0 Å². The van der Waals surface area contributed by atoms with Crippen molar-refractivity contribution in [1.29, 1.82) is 0 Å². The van der Waals surface area contributed by atoms with Crippen LogP contribution in [-0.2, 0) is 0 Å². The molecule has 0 amide bonds. The first-order valence-corrected chi connectivity index (χ1v) is 3.68. The molecule has 0 fully saturated rings. The van der Waals surface area contributed by atoms with E-state index in [4.69, 9.17) is 5.73 Å². The molecule has 3 heteroatoms. The standard InChI is InChI=1S/C9H11NO2/c1-6(10)7-2-4-8(5-3-7)9(11)12/h2-6H,10H2,1H3,(H,11,12)/p-1. The molecule has 0 aliphatic carbocycles. The number of benzene rings is 1. The van der Waals surface area contributed by atoms with Crippen LogP contribution >= 0.6 is 0 Å². The molecule has 12 heavy (non-hydrogen) atoms. The molecule has 0 aromatic heterocycles. The lowest BCUT2D eigenvalue weighted by atomic mass is 10.1. The maximum atomic E-state index is 10.3. The molecular formula is C9H10NO2-. The highest BCUT2D eigenvalue weighted by Gasteiger charge is 1.98. The molecule has 0 aliphatic rings. The van der Waals surface area contributed by atoms with Crippen LogP contribution in [0.15, 0.2) is 24.3 Å². The molecule has 1 rings (SSSR count). The Kier molecular flexibility index (Phi) is 2.45. The van der Waals surface area contributed by atoms with E-state index >= 15 is 0 Å². The maximum absolute atomic E-state index is 10.3. The highest BCUT2D eigenvalue weighted by atomic mass is 16.4. The summed E-state index contributed by atoms with van der Waals surface area (Å²) in [6.07, 6.45) is 0. The molecule has 0 spiro atoms. The van der Waals surface area contributed by atoms with Gasteiger partial charge in [-0.2, -0.15) is 0 Å². The number of carboxylic acids is 1. The molecule has 1 unspecified atom stereocenters. The number of aromatic carboxylic acids is 1. The molecule has 1 atom stereocenters. The van der Waals surface area contributed by atoms with Crippen molar-refractivity contribution in [2.75, 3.05) is 0 Å². The summed E-state index contributed by atoms with van der Waals surface area (Å²) in [6.45, 7) is 1.84. The molecule has 0 radical (unpaired) electrons. The summed E-state index contributed by atoms with van der Waals surface area (Å²) in [6, 6.07) is 6.30. The van der Waals surface area contributed by atoms with Gasteiger partial charge in [-0.25, -0.2) is 0 Å². The van der Waals surface area contributed by atoms with Gasteiger partial charge in [0.05, 0.1) is 5.97 Å². The minimum Gasteiger partial charge on any atom is -0.545 e. The van der Waals surface area contributed by atoms with Crippen molar-refractivity contribution in [3.63, 3.8) is 0 Å². The topological polar surface area (TPSA) is 66.2 Å². The third-order valence-corrected chi connectivity index (χ3v) is 1.67. The van der Waals surface area contributed by atoms with Gasteiger partial charge in [-0.05, 0) is 18.1 Å². The van der Waals surface area contributed by atoms with Crippen molar-refractivity contribution >= 4 is 5.97 Å². The Hall–Kier alpha value is -1.35. The molecule has 0 aliphatic heterocycles. The average Bonchev–Trinajstić information content (AvgIpc) is 2.04. The third-order valence-electron chi connectivity index (χ3n) is 1.67. The second kappa shape index (κ2) is 3.36. The van der Waals surface area contributed by atoms with Crippen molar-refractivity contribution < 1.29 is 9.90 Å². The van der Waals surface area contributed by atoms with E-state index in [1.54, 1.807) is 12.1 Å². The van der Waals surface area contributed by atoms with Crippen LogP contribution in [0.3, 0.4) is 0 Å². The van der Waals surface area contributed by atoms with Crippen LogP contribution in [0.4, 0.5) is 0 Å². The van der Waals surface area contributed by atoms with E-state index in [9.17, 15) is 9.90 Å². The van der Waals surface area contributed by atoms with Crippen LogP contribution in [0.2, 0.25) is 0 Å². The predicted octanol–water partition coefficient (Wildman–Crippen LogP) is 0.0698. The molecule has 0 heterocycles. The molecule has 1 aromatic rings. The SMILES string of the molecule is CC(N)c1ccc(C(=O)[O-])cc1. The Labute approximate surface area is 70.8 Å². The highest BCUT2D eigenvalue weighted by molar-refractivity contribution is 5.85. The van der Waals surface area contributed by atoms with Gasteiger partial charge in [0.25, 0.3) is 0 Å². The van der Waals surface area contributed by atoms with E-state index in [1.807, 2.05) is 6.92 Å². The van der Waals surface area contributed by atoms with Crippen molar-refractivity contribution in [3.8, 4) is 0 Å². The zero-order chi connectivity index (χ0) is 9.14. The van der Waals surface area contributed by atoms with Gasteiger partial charge in [-0.3, -0.25) is 0 Å². The normalized spacial score (nSPS) is 12.5. The van der Waals surface area contributed by atoms with E-state index in [0.717, 1.165) is 5.56 Å². The quantitative estimate of drug-likeness (QED) is 0.672. The Bertz CT molecular complexity index is 277. The minimum absolute atomic E-state index is 0.0687. The number of hydrogen-bond acceptors (Lipinski definition) is 3. The molecule has 0 bridgehead atoms. The van der Waals surface area contributed by atoms with Gasteiger partial charge in [0.15, 0.2) is 0 Å². The molecular weight excluding hydrogens is 154 g/mol. The number of carbonyl (C=O) groups is 1. The Morgan fingerprint density at radius 3 is 2.25 bits per heavy atom. The van der Waals surface area contributed by atoms with Crippen LogP contribution in [0.25, 0.3) is 0 Å². The first-order valence-electron chi connectivity index (χ1n) is 3.68. The summed E-state index contributed by atoms with van der Waals surface area (Å²) >= 11 is 0. The number of hydrogen-bond donors (Lipinski definition) is 1. The van der Waals surface area contributed by atoms with Gasteiger partial charge in [0.1, 0.15) is 0 Å². The monoisotopic (exact) mass is 164 g/mol. The molecule has 2 N–H and O–H groups in total. The van der Waals surface area contributed by atoms with E-state index in [1.165, 1.54) is 12.1 Å². The van der Waals surface area contributed by atoms with Gasteiger partial charge < -0.3 is 15.6 Å². The number of carbonyl (C=O) groups excluding carboxylic acids is 1. The van der Waals surface area contributed by atoms with Gasteiger partial charge in [-0.15, -0.1) is 0 Å². The van der Waals surface area contributed by atoms with E-state index in [-0.39, 0.29) is 11.6 Å². The van der Waals surface area contributed by atoms with E-state index < -0.39 is 5.97 Å². The second-order valence-electron chi connectivity index (χ2n) is 2.70. The Balaban J connectivity index is 2.93. The van der Waals surface area contributed by atoms with Gasteiger partial charge >= 0.3 is 0 Å². The third kappa shape index (κ3) is 1.83. The van der Waals surface area contributed by atoms with Crippen molar-refractivity contribution in [1.82, 2.24) is 0 Å². The molecule has 0 saturated heterocycles. The summed E-state index contributed by atoms with van der Waals surface area (Å²) in [5, 5.41) is 10.3. The first kappa shape index (κ1) is 8.74. The lowest BCUT2D eigenvalue weighted by molar-refractivity contribution is -0.255. The van der Waals surface area contributed by atoms with Crippen molar-refractivity contribution in [2.24, 2.45) is 5.73 Å². The van der Waals surface area contributed by atoms with Crippen LogP contribution in [-0.4, -0.2) is 5.97 Å². The minimum atomic E-state index is -1.16. The number of rotatable bonds is 2. The summed E-state index contributed by atoms with van der Waals surface area (Å²) in [7, 11) is 0. The van der Waals surface area contributed by atoms with Crippen molar-refractivity contribution in [2.45, 2.75) is 13.0 Å². The Morgan fingerprint density at radius 1 is 1.42 bits per heavy atom. The fourth-order valence-corrected chi connectivity index (χ4v) is 0.923. The predicted molar refractivity (Wildman–Crippen MR) is 43.4 cm³/mol. The summed E-state index contributed by atoms with van der Waals surface area (Å²) in [5.41, 5.74) is 6.67. The molecule has 0 saturated carbocycles. The van der Waals surface area contributed by atoms with E-state index in [2.05, 4.69) is 0 Å². The first-order chi connectivity index (χ1) is 5.61. The number of nitrogens with two attached hydrogens (primary N) is 1. The fraction of sp³-hybridized carbons (Fsp3) is 0.222. The van der Waals surface area contributed by atoms with Gasteiger partial charge in [0.2, 0.25) is 0 Å². The summed E-state index contributed by atoms with van der Waals surface area (Å²) < 4.78 is 0. The average molecular weight is 164 g/mol. The lowest BCUT2D eigenvalue weighted by Crippen LogP contribution is -2.22. The van der Waals surface area contributed by atoms with Crippen LogP contribution in [0.1, 0.15) is 28.9 Å². The molecule has 3 nitrogen and oxygen atoms in total. The molecule has 64 valence electrons. The number of carboxylic acid groups (broad SMARTS) is 1. The smallest absolute Gasteiger partial charge is 0.0715 e. The zero-order valence-electron chi connectivity index (χ0n) is 6.78. The summed E-state index contributed by atoms with van der Waals surface area (Å²) in [5.74, 6) is -1.16. The zero-order valence-corrected chi connectivity index (χ0v) is 6.78. The second-order valence-corrected chi connectivity index (χ2v) is 2.70. The summed E-state index contributed by atoms with van der Waals surface area (Å²) in [4.78, 5) is 10.3. The van der Waals surface area contributed by atoms with Crippen molar-refractivity contribution in [3.05, 3.63) is 35.4 Å².